The van der Waals surface area contributed by atoms with E-state index in [2.05, 4.69) is 9.84 Å². The molecule has 32 heavy (non-hydrogen) atoms. The minimum atomic E-state index is -5.03. The number of fused-ring (bicyclic) bond motifs is 1. The summed E-state index contributed by atoms with van der Waals surface area (Å²) < 4.78 is 26.9. The molecule has 3 atom stereocenters. The van der Waals surface area contributed by atoms with Gasteiger partial charge < -0.3 is 24.6 Å². The second kappa shape index (κ2) is 9.31. The Kier molecular flexibility index (Phi) is 7.09. The fourth-order valence-electron chi connectivity index (χ4n) is 3.49. The third-order valence-electron chi connectivity index (χ3n) is 4.98. The highest BCUT2D eigenvalue weighted by Crippen LogP contribution is 2.42. The van der Waals surface area contributed by atoms with Gasteiger partial charge in [0.25, 0.3) is 13.7 Å². The number of benzene rings is 2. The van der Waals surface area contributed by atoms with Gasteiger partial charge in [0.2, 0.25) is 0 Å². The molecule has 1 amide bonds. The summed E-state index contributed by atoms with van der Waals surface area (Å²) in [7, 11) is -5.03. The zero-order valence-electron chi connectivity index (χ0n) is 17.5. The number of rotatable bonds is 7. The van der Waals surface area contributed by atoms with Gasteiger partial charge in [0.1, 0.15) is 17.5 Å². The summed E-state index contributed by atoms with van der Waals surface area (Å²) in [6.45, 7) is 3.96. The first-order valence-corrected chi connectivity index (χ1v) is 11.5. The number of nitrogens with one attached hydrogen (secondary N) is 1. The van der Waals surface area contributed by atoms with Crippen molar-refractivity contribution in [2.24, 2.45) is 0 Å². The summed E-state index contributed by atoms with van der Waals surface area (Å²) in [5.74, 6) is -0.285. The Morgan fingerprint density at radius 3 is 2.59 bits per heavy atom. The Bertz CT molecular complexity index is 1080. The van der Waals surface area contributed by atoms with Gasteiger partial charge in [-0.3, -0.25) is 18.7 Å². The van der Waals surface area contributed by atoms with Gasteiger partial charge in [-0.05, 0) is 51.1 Å². The molecule has 11 heteroatoms. The smallest absolute Gasteiger partial charge is 0.267 e. The van der Waals surface area contributed by atoms with Crippen LogP contribution >= 0.6 is 19.4 Å². The molecule has 0 fully saturated rings. The third-order valence-corrected chi connectivity index (χ3v) is 5.74. The van der Waals surface area contributed by atoms with Crippen LogP contribution in [0.2, 0.25) is 5.02 Å². The van der Waals surface area contributed by atoms with Crippen molar-refractivity contribution < 1.29 is 37.9 Å². The maximum Gasteiger partial charge on any atom is 0.267 e. The molecule has 0 aliphatic carbocycles. The fraction of sp³-hybridized carbons (Fsp3) is 0.333. The summed E-state index contributed by atoms with van der Waals surface area (Å²) >= 11 is 6.16. The first-order chi connectivity index (χ1) is 14.9. The lowest BCUT2D eigenvalue weighted by Gasteiger charge is -2.44. The molecule has 0 saturated heterocycles. The predicted octanol–water partition coefficient (Wildman–Crippen LogP) is 3.00. The van der Waals surface area contributed by atoms with Crippen molar-refractivity contribution >= 4 is 31.1 Å². The highest BCUT2D eigenvalue weighted by atomic mass is 35.5. The highest BCUT2D eigenvalue weighted by molar-refractivity contribution is 7.44. The maximum absolute atomic E-state index is 13.0. The molecule has 1 heterocycles. The number of carbonyl (C=O) groups excluding carboxylic acids is 2. The summed E-state index contributed by atoms with van der Waals surface area (Å²) in [6.07, 6.45) is -0.963. The molecule has 3 rings (SSSR count). The van der Waals surface area contributed by atoms with E-state index in [9.17, 15) is 19.0 Å². The molecule has 172 valence electrons. The largest absolute Gasteiger partial charge is 0.756 e. The van der Waals surface area contributed by atoms with Crippen molar-refractivity contribution in [3.05, 3.63) is 64.2 Å². The Labute approximate surface area is 189 Å². The standard InChI is InChI=1S/C21H23ClNO8P/c1-12(24)13-8-9-17-15(10-13)18(23-20(25)14-6-4-5-7-16(14)22)19(21(2,3)31-17)29-11-30-32(26,27)28/h4-10,18-19H,11H2,1-3H3,(H,23,25)(H2,26,27,28)/p-1/t18-,19+/m0/s1. The summed E-state index contributed by atoms with van der Waals surface area (Å²) in [5, 5.41) is 3.09. The lowest BCUT2D eigenvalue weighted by molar-refractivity contribution is -0.234. The van der Waals surface area contributed by atoms with Crippen LogP contribution in [0.25, 0.3) is 0 Å². The molecular weight excluding hydrogens is 461 g/mol. The van der Waals surface area contributed by atoms with Crippen molar-refractivity contribution in [1.82, 2.24) is 5.32 Å². The summed E-state index contributed by atoms with van der Waals surface area (Å²) in [4.78, 5) is 44.8. The van der Waals surface area contributed by atoms with E-state index in [1.54, 1.807) is 56.3 Å². The van der Waals surface area contributed by atoms with Crippen LogP contribution < -0.4 is 14.9 Å². The molecule has 1 aliphatic heterocycles. The average molecular weight is 483 g/mol. The third kappa shape index (κ3) is 5.56. The lowest BCUT2D eigenvalue weighted by atomic mass is 9.85. The molecule has 2 aromatic carbocycles. The molecule has 9 nitrogen and oxygen atoms in total. The summed E-state index contributed by atoms with van der Waals surface area (Å²) in [6, 6.07) is 10.4. The van der Waals surface area contributed by atoms with Crippen LogP contribution in [0.3, 0.4) is 0 Å². The van der Waals surface area contributed by atoms with E-state index in [1.807, 2.05) is 0 Å². The lowest BCUT2D eigenvalue weighted by Crippen LogP contribution is -2.55. The highest BCUT2D eigenvalue weighted by Gasteiger charge is 2.46. The number of halogens is 1. The number of hydrogen-bond acceptors (Lipinski definition) is 7. The van der Waals surface area contributed by atoms with Crippen LogP contribution in [0, 0.1) is 0 Å². The minimum absolute atomic E-state index is 0.192. The van der Waals surface area contributed by atoms with Crippen molar-refractivity contribution in [3.8, 4) is 5.75 Å². The van der Waals surface area contributed by atoms with Crippen LogP contribution in [-0.2, 0) is 13.8 Å². The second-order valence-corrected chi connectivity index (χ2v) is 9.35. The number of Topliss-reactive ketones (excluding diaryl/α,β-unsaturated/α-hetero) is 1. The predicted molar refractivity (Wildman–Crippen MR) is 113 cm³/mol. The maximum atomic E-state index is 13.0. The Morgan fingerprint density at radius 1 is 1.28 bits per heavy atom. The van der Waals surface area contributed by atoms with Crippen LogP contribution in [0.15, 0.2) is 42.5 Å². The monoisotopic (exact) mass is 482 g/mol. The molecule has 1 unspecified atom stereocenters. The zero-order valence-corrected chi connectivity index (χ0v) is 19.2. The van der Waals surface area contributed by atoms with Gasteiger partial charge in [-0.2, -0.15) is 0 Å². The van der Waals surface area contributed by atoms with E-state index in [-0.39, 0.29) is 16.4 Å². The number of ketones is 1. The molecule has 0 radical (unpaired) electrons. The second-order valence-electron chi connectivity index (χ2n) is 7.75. The van der Waals surface area contributed by atoms with E-state index >= 15 is 0 Å². The number of amides is 1. The van der Waals surface area contributed by atoms with Crippen molar-refractivity contribution in [2.45, 2.75) is 38.5 Å². The van der Waals surface area contributed by atoms with E-state index < -0.39 is 38.3 Å². The van der Waals surface area contributed by atoms with Crippen LogP contribution in [0.1, 0.15) is 53.1 Å². The van der Waals surface area contributed by atoms with Gasteiger partial charge >= 0.3 is 0 Å². The van der Waals surface area contributed by atoms with Gasteiger partial charge in [-0.1, -0.05) is 23.7 Å². The molecule has 1 aliphatic rings. The van der Waals surface area contributed by atoms with Crippen molar-refractivity contribution in [3.63, 3.8) is 0 Å². The topological polar surface area (TPSA) is 134 Å². The van der Waals surface area contributed by atoms with Crippen LogP contribution in [-0.4, -0.2) is 35.1 Å². The zero-order chi connectivity index (χ0) is 23.7. The Morgan fingerprint density at radius 2 is 1.97 bits per heavy atom. The van der Waals surface area contributed by atoms with Crippen LogP contribution in [0.5, 0.6) is 5.75 Å². The number of hydrogen-bond donors (Lipinski definition) is 2. The molecule has 0 aromatic heterocycles. The first-order valence-electron chi connectivity index (χ1n) is 9.58. The molecular formula is C21H22ClNO8P-. The quantitative estimate of drug-likeness (QED) is 0.349. The average Bonchev–Trinajstić information content (AvgIpc) is 2.68. The SMILES string of the molecule is CC(=O)c1ccc2c(c1)[C@H](NC(=O)c1ccccc1Cl)[C@@H](OCOP(=O)([O-])O)C(C)(C)O2. The first kappa shape index (κ1) is 24.4. The van der Waals surface area contributed by atoms with E-state index in [1.165, 1.54) is 6.92 Å². The number of phosphoric acid groups is 1. The normalized spacial score (nSPS) is 21.1. The molecule has 0 saturated carbocycles. The number of ether oxygens (including phenoxy) is 2. The van der Waals surface area contributed by atoms with Crippen LogP contribution in [0.4, 0.5) is 0 Å². The van der Waals surface area contributed by atoms with E-state index in [0.717, 1.165) is 0 Å². The Balaban J connectivity index is 2.02. The molecule has 0 bridgehead atoms. The van der Waals surface area contributed by atoms with E-state index in [4.69, 9.17) is 26.0 Å². The van der Waals surface area contributed by atoms with Crippen molar-refractivity contribution in [1.29, 1.82) is 0 Å². The van der Waals surface area contributed by atoms with Gasteiger partial charge in [0, 0.05) is 11.1 Å². The van der Waals surface area contributed by atoms with Gasteiger partial charge in [-0.15, -0.1) is 0 Å². The van der Waals surface area contributed by atoms with E-state index in [0.29, 0.717) is 16.9 Å². The van der Waals surface area contributed by atoms with Crippen molar-refractivity contribution in [2.75, 3.05) is 6.79 Å². The molecule has 2 N–H and O–H groups in total. The number of carbonyl (C=O) groups is 2. The molecule has 0 spiro atoms. The Hall–Kier alpha value is -2.26. The van der Waals surface area contributed by atoms with Gasteiger partial charge in [-0.25, -0.2) is 0 Å². The number of phosphoric ester groups is 1. The minimum Gasteiger partial charge on any atom is -0.756 e. The fourth-order valence-corrected chi connectivity index (χ4v) is 3.91. The molecule has 2 aromatic rings. The summed E-state index contributed by atoms with van der Waals surface area (Å²) in [5.41, 5.74) is 0.00171. The van der Waals surface area contributed by atoms with Gasteiger partial charge in [0.05, 0.1) is 16.6 Å². The van der Waals surface area contributed by atoms with Gasteiger partial charge in [0.15, 0.2) is 12.6 Å².